The van der Waals surface area contributed by atoms with Gasteiger partial charge in [0, 0.05) is 29.7 Å². The zero-order valence-electron chi connectivity index (χ0n) is 15.2. The Morgan fingerprint density at radius 2 is 1.96 bits per heavy atom. The van der Waals surface area contributed by atoms with E-state index in [0.717, 1.165) is 44.9 Å². The molecule has 1 N–H and O–H groups in total. The molecule has 4 rings (SSSR count). The molecule has 0 bridgehead atoms. The Balaban J connectivity index is 1.73. The van der Waals surface area contributed by atoms with Crippen LogP contribution in [0.15, 0.2) is 47.7 Å². The van der Waals surface area contributed by atoms with Gasteiger partial charge in [-0.3, -0.25) is 9.36 Å². The lowest BCUT2D eigenvalue weighted by Crippen LogP contribution is -2.22. The summed E-state index contributed by atoms with van der Waals surface area (Å²) < 4.78 is 4.20. The fourth-order valence-corrected chi connectivity index (χ4v) is 4.80. The predicted molar refractivity (Wildman–Crippen MR) is 113 cm³/mol. The lowest BCUT2D eigenvalue weighted by molar-refractivity contribution is 0.546. The van der Waals surface area contributed by atoms with Gasteiger partial charge in [-0.15, -0.1) is 11.3 Å². The summed E-state index contributed by atoms with van der Waals surface area (Å²) in [7, 11) is 0. The van der Waals surface area contributed by atoms with E-state index in [1.165, 1.54) is 0 Å². The monoisotopic (exact) mass is 396 g/mol. The first-order chi connectivity index (χ1) is 13.0. The van der Waals surface area contributed by atoms with Crippen LogP contribution in [0.1, 0.15) is 17.0 Å². The molecule has 3 heterocycles. The minimum Gasteiger partial charge on any atom is -0.337 e. The van der Waals surface area contributed by atoms with E-state index in [-0.39, 0.29) is 5.56 Å². The van der Waals surface area contributed by atoms with E-state index in [0.29, 0.717) is 11.3 Å². The number of hydrogen-bond acceptors (Lipinski definition) is 4. The van der Waals surface area contributed by atoms with Crippen LogP contribution >= 0.6 is 23.6 Å². The Hall–Kier alpha value is -2.51. The van der Waals surface area contributed by atoms with Gasteiger partial charge in [-0.05, 0) is 38.0 Å². The van der Waals surface area contributed by atoms with Gasteiger partial charge in [-0.25, -0.2) is 4.98 Å². The summed E-state index contributed by atoms with van der Waals surface area (Å²) in [4.78, 5) is 22.7. The molecule has 0 amide bonds. The molecule has 0 aliphatic heterocycles. The van der Waals surface area contributed by atoms with Crippen LogP contribution in [0.25, 0.3) is 21.3 Å². The zero-order chi connectivity index (χ0) is 19.0. The minimum absolute atomic E-state index is 0.0150. The average molecular weight is 397 g/mol. The number of aryl methyl sites for hydroxylation is 3. The highest BCUT2D eigenvalue weighted by Gasteiger charge is 2.17. The molecule has 0 atom stereocenters. The minimum atomic E-state index is -0.0150. The molecule has 1 aromatic carbocycles. The van der Waals surface area contributed by atoms with Gasteiger partial charge in [0.05, 0.1) is 17.4 Å². The second-order valence-electron chi connectivity index (χ2n) is 6.60. The summed E-state index contributed by atoms with van der Waals surface area (Å²) in [5.41, 5.74) is 3.04. The molecule has 138 valence electrons. The average Bonchev–Trinajstić information content (AvgIpc) is 3.21. The van der Waals surface area contributed by atoms with Gasteiger partial charge in [0.2, 0.25) is 0 Å². The Kier molecular flexibility index (Phi) is 4.80. The maximum Gasteiger partial charge on any atom is 0.263 e. The van der Waals surface area contributed by atoms with Crippen LogP contribution in [0.2, 0.25) is 0 Å². The Morgan fingerprint density at radius 3 is 2.67 bits per heavy atom. The van der Waals surface area contributed by atoms with E-state index < -0.39 is 0 Å². The number of aromatic nitrogens is 4. The number of thiophene rings is 1. The number of imidazole rings is 1. The van der Waals surface area contributed by atoms with Crippen LogP contribution in [0.4, 0.5) is 0 Å². The lowest BCUT2D eigenvalue weighted by atomic mass is 10.0. The molecule has 0 aliphatic carbocycles. The first-order valence-electron chi connectivity index (χ1n) is 8.84. The molecule has 0 saturated carbocycles. The smallest absolute Gasteiger partial charge is 0.263 e. The number of nitrogens with zero attached hydrogens (tertiary/aromatic N) is 3. The van der Waals surface area contributed by atoms with Crippen molar-refractivity contribution < 1.29 is 0 Å². The summed E-state index contributed by atoms with van der Waals surface area (Å²) >= 11 is 7.05. The molecule has 0 aliphatic rings. The van der Waals surface area contributed by atoms with Crippen LogP contribution in [0.3, 0.4) is 0 Å². The molecular formula is C20H20N4OS2. The maximum atomic E-state index is 13.3. The molecule has 0 unspecified atom stereocenters. The van der Waals surface area contributed by atoms with Crippen molar-refractivity contribution in [2.24, 2.45) is 0 Å². The molecule has 0 radical (unpaired) electrons. The van der Waals surface area contributed by atoms with Crippen molar-refractivity contribution in [3.8, 4) is 11.1 Å². The number of rotatable bonds is 5. The Bertz CT molecular complexity index is 1210. The fraction of sp³-hybridized carbons (Fsp3) is 0.250. The predicted octanol–water partition coefficient (Wildman–Crippen LogP) is 4.69. The van der Waals surface area contributed by atoms with Gasteiger partial charge >= 0.3 is 0 Å². The first-order valence-corrected chi connectivity index (χ1v) is 10.1. The molecule has 0 fully saturated rings. The topological polar surface area (TPSA) is 55.6 Å². The van der Waals surface area contributed by atoms with Crippen molar-refractivity contribution in [3.05, 3.63) is 68.6 Å². The third kappa shape index (κ3) is 3.40. The second-order valence-corrected chi connectivity index (χ2v) is 8.21. The molecule has 0 spiro atoms. The Labute approximate surface area is 166 Å². The zero-order valence-corrected chi connectivity index (χ0v) is 16.9. The van der Waals surface area contributed by atoms with E-state index in [1.807, 2.05) is 54.3 Å². The van der Waals surface area contributed by atoms with Crippen molar-refractivity contribution in [2.75, 3.05) is 0 Å². The van der Waals surface area contributed by atoms with E-state index in [4.69, 9.17) is 12.2 Å². The Morgan fingerprint density at radius 1 is 1.19 bits per heavy atom. The van der Waals surface area contributed by atoms with Crippen LogP contribution in [0, 0.1) is 18.6 Å². The first kappa shape index (κ1) is 17.9. The van der Waals surface area contributed by atoms with Crippen LogP contribution in [-0.4, -0.2) is 19.1 Å². The normalized spacial score (nSPS) is 11.3. The number of H-pyrrole nitrogens is 1. The van der Waals surface area contributed by atoms with Crippen LogP contribution < -0.4 is 5.56 Å². The van der Waals surface area contributed by atoms with Gasteiger partial charge in [0.15, 0.2) is 4.77 Å². The van der Waals surface area contributed by atoms with E-state index in [2.05, 4.69) is 16.9 Å². The second kappa shape index (κ2) is 7.25. The maximum absolute atomic E-state index is 13.3. The number of nitrogens with one attached hydrogen (secondary N) is 1. The molecule has 7 heteroatoms. The number of hydrogen-bond donors (Lipinski definition) is 1. The van der Waals surface area contributed by atoms with Crippen molar-refractivity contribution in [3.63, 3.8) is 0 Å². The van der Waals surface area contributed by atoms with E-state index in [1.54, 1.807) is 15.9 Å². The number of fused-ring (bicyclic) bond motifs is 1. The molecule has 5 nitrogen and oxygen atoms in total. The van der Waals surface area contributed by atoms with Crippen molar-refractivity contribution in [1.82, 2.24) is 19.1 Å². The number of benzene rings is 1. The third-order valence-corrected chi connectivity index (χ3v) is 5.97. The largest absolute Gasteiger partial charge is 0.337 e. The summed E-state index contributed by atoms with van der Waals surface area (Å²) in [5, 5.41) is 0.732. The van der Waals surface area contributed by atoms with E-state index in [9.17, 15) is 4.79 Å². The highest BCUT2D eigenvalue weighted by atomic mass is 32.1. The van der Waals surface area contributed by atoms with Crippen molar-refractivity contribution in [1.29, 1.82) is 0 Å². The number of aromatic amines is 1. The standard InChI is InChI=1S/C20H20N4OS2/c1-13-11-23(12-21-13)9-6-10-24-19(25)17-16(15-7-4-3-5-8-15)14(2)27-18(17)22-20(24)26/h3-5,7-8,11-12H,6,9-10H2,1-2H3,(H,22,26). The van der Waals surface area contributed by atoms with Crippen molar-refractivity contribution in [2.45, 2.75) is 33.4 Å². The molecule has 3 aromatic heterocycles. The summed E-state index contributed by atoms with van der Waals surface area (Å²) in [6, 6.07) is 10.1. The van der Waals surface area contributed by atoms with Gasteiger partial charge in [-0.1, -0.05) is 30.3 Å². The molecule has 27 heavy (non-hydrogen) atoms. The van der Waals surface area contributed by atoms with Crippen molar-refractivity contribution >= 4 is 33.8 Å². The summed E-state index contributed by atoms with van der Waals surface area (Å²) in [6.45, 7) is 5.39. The SMILES string of the molecule is Cc1cn(CCCn2c(=S)[nH]c3sc(C)c(-c4ccccc4)c3c2=O)cn1. The van der Waals surface area contributed by atoms with Gasteiger partial charge in [0.1, 0.15) is 4.83 Å². The molecule has 0 saturated heterocycles. The quantitative estimate of drug-likeness (QED) is 0.498. The van der Waals surface area contributed by atoms with Gasteiger partial charge < -0.3 is 9.55 Å². The molecular weight excluding hydrogens is 376 g/mol. The van der Waals surface area contributed by atoms with Crippen LogP contribution in [0.5, 0.6) is 0 Å². The van der Waals surface area contributed by atoms with Crippen LogP contribution in [-0.2, 0) is 13.1 Å². The third-order valence-electron chi connectivity index (χ3n) is 4.63. The fourth-order valence-electron chi connectivity index (χ4n) is 3.39. The lowest BCUT2D eigenvalue weighted by Gasteiger charge is -2.08. The van der Waals surface area contributed by atoms with E-state index >= 15 is 0 Å². The summed E-state index contributed by atoms with van der Waals surface area (Å²) in [5.74, 6) is 0. The highest BCUT2D eigenvalue weighted by molar-refractivity contribution is 7.71. The highest BCUT2D eigenvalue weighted by Crippen LogP contribution is 2.35. The summed E-state index contributed by atoms with van der Waals surface area (Å²) in [6.07, 6.45) is 4.63. The van der Waals surface area contributed by atoms with Gasteiger partial charge in [0.25, 0.3) is 5.56 Å². The molecule has 4 aromatic rings. The van der Waals surface area contributed by atoms with Gasteiger partial charge in [-0.2, -0.15) is 0 Å².